The Balaban J connectivity index is 1.19. The van der Waals surface area contributed by atoms with Gasteiger partial charge in [0.2, 0.25) is 17.7 Å². The Bertz CT molecular complexity index is 1690. The molecule has 3 heterocycles. The van der Waals surface area contributed by atoms with Crippen molar-refractivity contribution in [2.45, 2.75) is 28.8 Å². The van der Waals surface area contributed by atoms with Crippen molar-refractivity contribution in [2.75, 3.05) is 19.0 Å². The van der Waals surface area contributed by atoms with E-state index in [-0.39, 0.29) is 33.8 Å². The van der Waals surface area contributed by atoms with Gasteiger partial charge in [0.1, 0.15) is 12.3 Å². The molecule has 0 radical (unpaired) electrons. The van der Waals surface area contributed by atoms with E-state index in [1.807, 2.05) is 24.3 Å². The van der Waals surface area contributed by atoms with Gasteiger partial charge in [0, 0.05) is 21.6 Å². The lowest BCUT2D eigenvalue weighted by Gasteiger charge is -2.43. The summed E-state index contributed by atoms with van der Waals surface area (Å²) in [4.78, 5) is 57.3. The molecule has 6 unspecified atom stereocenters. The van der Waals surface area contributed by atoms with Gasteiger partial charge in [-0.3, -0.25) is 24.1 Å². The number of nitrogens with one attached hydrogen (secondary N) is 2. The number of likely N-dealkylation sites (tertiary alicyclic amines) is 1. The maximum absolute atomic E-state index is 13.8. The molecule has 2 aliphatic carbocycles. The fourth-order valence-electron chi connectivity index (χ4n) is 7.68. The maximum atomic E-state index is 13.8. The molecule has 8 nitrogen and oxygen atoms in total. The van der Waals surface area contributed by atoms with E-state index in [4.69, 9.17) is 4.74 Å². The van der Waals surface area contributed by atoms with Crippen molar-refractivity contribution in [3.63, 3.8) is 0 Å². The molecule has 1 aromatic heterocycles. The van der Waals surface area contributed by atoms with Crippen LogP contribution < -0.4 is 14.9 Å². The number of aromatic nitrogens is 1. The fourth-order valence-corrected chi connectivity index (χ4v) is 10.6. The van der Waals surface area contributed by atoms with Crippen LogP contribution in [0.25, 0.3) is 0 Å². The number of carbonyl (C=O) groups is 3. The lowest BCUT2D eigenvalue weighted by atomic mass is 9.68. The van der Waals surface area contributed by atoms with Gasteiger partial charge in [0.15, 0.2) is 0 Å². The number of thioether (sulfide) groups is 1. The molecule has 13 heteroatoms. The minimum absolute atomic E-state index is 0.0481. The van der Waals surface area contributed by atoms with E-state index in [0.29, 0.717) is 12.2 Å². The first-order valence-electron chi connectivity index (χ1n) is 13.4. The van der Waals surface area contributed by atoms with Gasteiger partial charge in [0.05, 0.1) is 35.2 Å². The third-order valence-electron chi connectivity index (χ3n) is 9.10. The number of halogens is 3. The molecule has 4 aliphatic rings. The van der Waals surface area contributed by atoms with Crippen LogP contribution >= 0.6 is 23.1 Å². The van der Waals surface area contributed by atoms with Crippen LogP contribution in [0.1, 0.15) is 28.3 Å². The van der Waals surface area contributed by atoms with Crippen LogP contribution in [0.5, 0.6) is 5.75 Å². The van der Waals surface area contributed by atoms with E-state index < -0.39 is 53.5 Å². The molecular weight excluding hydrogens is 591 g/mol. The number of amides is 3. The second-order valence-corrected chi connectivity index (χ2v) is 13.3. The Morgan fingerprint density at radius 1 is 1.05 bits per heavy atom. The lowest BCUT2D eigenvalue weighted by molar-refractivity contribution is -0.143. The molecule has 2 aromatic carbocycles. The molecule has 1 saturated heterocycles. The zero-order chi connectivity index (χ0) is 29.5. The monoisotopic (exact) mass is 615 g/mol. The molecule has 2 aliphatic heterocycles. The number of alkyl halides is 3. The maximum Gasteiger partial charge on any atom is 0.418 e. The van der Waals surface area contributed by atoms with E-state index >= 15 is 0 Å². The zero-order valence-corrected chi connectivity index (χ0v) is 23.6. The zero-order valence-electron chi connectivity index (χ0n) is 22.0. The summed E-state index contributed by atoms with van der Waals surface area (Å²) in [7, 11) is 1.58. The summed E-state index contributed by atoms with van der Waals surface area (Å²) in [6, 6.07) is 12.2. The molecule has 2 saturated carbocycles. The van der Waals surface area contributed by atoms with Gasteiger partial charge in [-0.05, 0) is 42.4 Å². The van der Waals surface area contributed by atoms with Crippen LogP contribution in [-0.4, -0.2) is 46.5 Å². The Kier molecular flexibility index (Phi) is 6.32. The van der Waals surface area contributed by atoms with Gasteiger partial charge >= 0.3 is 11.0 Å². The highest BCUT2D eigenvalue weighted by molar-refractivity contribution is 8.00. The van der Waals surface area contributed by atoms with Crippen LogP contribution in [0, 0.1) is 29.6 Å². The molecule has 0 spiro atoms. The van der Waals surface area contributed by atoms with Crippen LogP contribution in [0.3, 0.4) is 0 Å². The Labute approximate surface area is 245 Å². The topological polar surface area (TPSA) is 109 Å². The summed E-state index contributed by atoms with van der Waals surface area (Å²) >= 11 is 2.69. The fraction of sp³-hybridized carbons (Fsp3) is 0.379. The van der Waals surface area contributed by atoms with Crippen molar-refractivity contribution < 1.29 is 32.3 Å². The van der Waals surface area contributed by atoms with E-state index in [0.717, 1.165) is 43.8 Å². The van der Waals surface area contributed by atoms with Gasteiger partial charge in [-0.1, -0.05) is 41.7 Å². The number of rotatable bonds is 5. The number of fused-ring (bicyclic) bond motifs is 9. The highest BCUT2D eigenvalue weighted by Gasteiger charge is 2.69. The van der Waals surface area contributed by atoms with Crippen molar-refractivity contribution in [3.05, 3.63) is 74.2 Å². The molecule has 42 heavy (non-hydrogen) atoms. The highest BCUT2D eigenvalue weighted by atomic mass is 32.2. The number of imide groups is 1. The number of para-hydroxylation sites is 2. The highest BCUT2D eigenvalue weighted by Crippen LogP contribution is 2.69. The molecule has 3 aromatic rings. The van der Waals surface area contributed by atoms with Crippen LogP contribution in [0.15, 0.2) is 58.4 Å². The van der Waals surface area contributed by atoms with Crippen molar-refractivity contribution in [2.24, 2.45) is 29.6 Å². The summed E-state index contributed by atoms with van der Waals surface area (Å²) in [6.07, 6.45) is -4.02. The van der Waals surface area contributed by atoms with Crippen molar-refractivity contribution in [3.8, 4) is 5.75 Å². The Morgan fingerprint density at radius 3 is 2.48 bits per heavy atom. The van der Waals surface area contributed by atoms with Gasteiger partial charge in [0.25, 0.3) is 0 Å². The summed E-state index contributed by atoms with van der Waals surface area (Å²) in [5.41, 5.74) is -0.537. The largest absolute Gasteiger partial charge is 0.496 e. The number of nitrogens with zero attached hydrogens (tertiary/aromatic N) is 1. The van der Waals surface area contributed by atoms with Crippen LogP contribution in [-0.2, 0) is 20.6 Å². The van der Waals surface area contributed by atoms with Gasteiger partial charge in [-0.15, -0.1) is 11.8 Å². The molecule has 2 N–H and O–H groups in total. The third-order valence-corrected chi connectivity index (χ3v) is 11.7. The van der Waals surface area contributed by atoms with Gasteiger partial charge in [-0.25, -0.2) is 0 Å². The standard InChI is InChI=1S/C29H24F3N3O5S2/c1-40-17-9-5-2-6-12(17)19-20-13-10-14(23(20)41-25-24(19)42-28(39)34-25)22-21(13)26(37)35(27(22)38)11-18(36)33-16-8-4-3-7-15(16)29(30,31)32/h2-9,13-14,19-23H,10-11H2,1H3,(H,33,36)(H,34,39)/t13?,14?,19-,20?,21?,22?,23?/m1/s1. The third kappa shape index (κ3) is 4.03. The number of hydrogen-bond donors (Lipinski definition) is 2. The number of methoxy groups -OCH3 is 1. The summed E-state index contributed by atoms with van der Waals surface area (Å²) < 4.78 is 45.9. The molecule has 2 bridgehead atoms. The first kappa shape index (κ1) is 27.3. The quantitative estimate of drug-likeness (QED) is 0.407. The number of thiazole rings is 1. The van der Waals surface area contributed by atoms with Crippen molar-refractivity contribution >= 4 is 46.5 Å². The predicted octanol–water partition coefficient (Wildman–Crippen LogP) is 4.58. The van der Waals surface area contributed by atoms with E-state index in [1.165, 1.54) is 12.1 Å². The number of aromatic amines is 1. The molecule has 3 amide bonds. The first-order valence-corrected chi connectivity index (χ1v) is 15.1. The first-order chi connectivity index (χ1) is 20.1. The molecule has 7 atom stereocenters. The Morgan fingerprint density at radius 2 is 1.74 bits per heavy atom. The summed E-state index contributed by atoms with van der Waals surface area (Å²) in [5, 5.41) is 2.96. The van der Waals surface area contributed by atoms with Gasteiger partial charge in [-0.2, -0.15) is 13.2 Å². The van der Waals surface area contributed by atoms with Gasteiger partial charge < -0.3 is 15.0 Å². The molecule has 3 fully saturated rings. The SMILES string of the molecule is COc1ccccc1[C@H]1c2sc(=O)[nH]c2SC2C3CC(C4C(=O)N(CC(=O)Nc5ccccc5C(F)(F)F)C(=O)C34)C21. The minimum atomic E-state index is -4.68. The Hall–Kier alpha value is -3.58. The lowest BCUT2D eigenvalue weighted by Crippen LogP contribution is -2.42. The number of benzene rings is 2. The number of carbonyl (C=O) groups excluding carboxylic acids is 3. The smallest absolute Gasteiger partial charge is 0.418 e. The molecule has 7 rings (SSSR count). The number of ether oxygens (including phenoxy) is 1. The molecular formula is C29H24F3N3O5S2. The summed E-state index contributed by atoms with van der Waals surface area (Å²) in [5.74, 6) is -2.98. The average Bonchev–Trinajstić information content (AvgIpc) is 3.68. The second-order valence-electron chi connectivity index (χ2n) is 11.1. The normalized spacial score (nSPS) is 29.3. The van der Waals surface area contributed by atoms with E-state index in [2.05, 4.69) is 10.3 Å². The van der Waals surface area contributed by atoms with Crippen LogP contribution in [0.4, 0.5) is 18.9 Å². The predicted molar refractivity (Wildman–Crippen MR) is 148 cm³/mol. The van der Waals surface area contributed by atoms with Crippen molar-refractivity contribution in [1.82, 2.24) is 9.88 Å². The van der Waals surface area contributed by atoms with E-state index in [9.17, 15) is 32.3 Å². The second kappa shape index (κ2) is 9.73. The number of H-pyrrole nitrogens is 1. The number of anilines is 1. The van der Waals surface area contributed by atoms with E-state index in [1.54, 1.807) is 18.9 Å². The number of hydrogen-bond acceptors (Lipinski definition) is 7. The van der Waals surface area contributed by atoms with Crippen LogP contribution in [0.2, 0.25) is 0 Å². The summed E-state index contributed by atoms with van der Waals surface area (Å²) in [6.45, 7) is -0.657. The van der Waals surface area contributed by atoms with Crippen molar-refractivity contribution in [1.29, 1.82) is 0 Å². The minimum Gasteiger partial charge on any atom is -0.496 e. The average molecular weight is 616 g/mol. The molecule has 218 valence electrons.